The second-order valence-corrected chi connectivity index (χ2v) is 9.52. The average molecular weight is 438 g/mol. The molecule has 0 aliphatic rings. The molecule has 10 heteroatoms. The van der Waals surface area contributed by atoms with Gasteiger partial charge in [-0.25, -0.2) is 26.7 Å². The van der Waals surface area contributed by atoms with E-state index in [0.29, 0.717) is 5.56 Å². The number of nitrogens with two attached hydrogens (primary N) is 1. The second-order valence-electron chi connectivity index (χ2n) is 6.31. The minimum atomic E-state index is -3.77. The molecule has 0 aromatic heterocycles. The van der Waals surface area contributed by atoms with Gasteiger partial charge < -0.3 is 5.32 Å². The molecule has 4 N–H and O–H groups in total. The normalized spacial score (nSPS) is 13.3. The number of primary sulfonamides is 1. The van der Waals surface area contributed by atoms with E-state index in [-0.39, 0.29) is 29.8 Å². The Kier molecular flexibility index (Phi) is 7.68. The van der Waals surface area contributed by atoms with E-state index in [9.17, 15) is 21.6 Å². The van der Waals surface area contributed by atoms with Crippen molar-refractivity contribution in [2.45, 2.75) is 24.3 Å². The summed E-state index contributed by atoms with van der Waals surface area (Å²) in [6, 6.07) is 14.4. The molecule has 2 aromatic rings. The van der Waals surface area contributed by atoms with Gasteiger partial charge >= 0.3 is 0 Å². The number of carbonyl (C=O) groups is 1. The molecule has 0 spiro atoms. The van der Waals surface area contributed by atoms with Crippen molar-refractivity contribution < 1.29 is 21.6 Å². The Morgan fingerprint density at radius 2 is 1.66 bits per heavy atom. The molecule has 0 saturated carbocycles. The van der Waals surface area contributed by atoms with Crippen molar-refractivity contribution in [3.05, 3.63) is 71.1 Å². The molecular weight excluding hydrogens is 414 g/mol. The molecule has 0 bridgehead atoms. The van der Waals surface area contributed by atoms with Crippen LogP contribution in [-0.2, 0) is 24.8 Å². The first-order chi connectivity index (χ1) is 13.6. The maximum atomic E-state index is 12.0. The zero-order valence-electron chi connectivity index (χ0n) is 15.8. The van der Waals surface area contributed by atoms with Crippen LogP contribution in [0.5, 0.6) is 0 Å². The third-order valence-electron chi connectivity index (χ3n) is 3.98. The number of amides is 1. The van der Waals surface area contributed by atoms with Crippen molar-refractivity contribution >= 4 is 32.0 Å². The van der Waals surface area contributed by atoms with Crippen molar-refractivity contribution in [3.63, 3.8) is 0 Å². The molecule has 156 valence electrons. The van der Waals surface area contributed by atoms with Gasteiger partial charge in [0, 0.05) is 18.4 Å². The third-order valence-corrected chi connectivity index (χ3v) is 6.01. The van der Waals surface area contributed by atoms with Gasteiger partial charge in [0.15, 0.2) is 0 Å². The molecular formula is C19H23N3O5S2. The maximum absolute atomic E-state index is 12.0. The Morgan fingerprint density at radius 1 is 1.03 bits per heavy atom. The number of sulfonamides is 2. The molecule has 0 radical (unpaired) electrons. The van der Waals surface area contributed by atoms with Crippen LogP contribution >= 0.6 is 0 Å². The molecule has 0 aliphatic heterocycles. The Morgan fingerprint density at radius 3 is 2.24 bits per heavy atom. The molecule has 0 saturated heterocycles. The van der Waals surface area contributed by atoms with Crippen LogP contribution in [0, 0.1) is 0 Å². The first-order valence-electron chi connectivity index (χ1n) is 8.72. The predicted molar refractivity (Wildman–Crippen MR) is 111 cm³/mol. The molecule has 2 aromatic carbocycles. The highest BCUT2D eigenvalue weighted by molar-refractivity contribution is 7.92. The molecule has 0 aliphatic carbocycles. The average Bonchev–Trinajstić information content (AvgIpc) is 2.66. The molecule has 0 heterocycles. The summed E-state index contributed by atoms with van der Waals surface area (Å²) in [5, 5.41) is 8.83. The van der Waals surface area contributed by atoms with Crippen LogP contribution in [0.3, 0.4) is 0 Å². The van der Waals surface area contributed by atoms with E-state index < -0.39 is 20.0 Å². The zero-order chi connectivity index (χ0) is 21.5. The van der Waals surface area contributed by atoms with Crippen molar-refractivity contribution in [1.82, 2.24) is 10.0 Å². The van der Waals surface area contributed by atoms with Gasteiger partial charge in [0.05, 0.1) is 10.9 Å². The van der Waals surface area contributed by atoms with E-state index in [1.54, 1.807) is 43.3 Å². The summed E-state index contributed by atoms with van der Waals surface area (Å²) in [5.41, 5.74) is 1.44. The van der Waals surface area contributed by atoms with Gasteiger partial charge in [-0.05, 0) is 36.3 Å². The predicted octanol–water partition coefficient (Wildman–Crippen LogP) is 1.49. The Bertz CT molecular complexity index is 1060. The van der Waals surface area contributed by atoms with Crippen LogP contribution < -0.4 is 15.2 Å². The molecule has 1 atom stereocenters. The summed E-state index contributed by atoms with van der Waals surface area (Å²) in [5.74, 6) is -0.345. The lowest BCUT2D eigenvalue weighted by atomic mass is 10.1. The van der Waals surface area contributed by atoms with Crippen LogP contribution in [0.4, 0.5) is 0 Å². The number of hydrogen-bond acceptors (Lipinski definition) is 5. The number of carbonyl (C=O) groups excluding carboxylic acids is 1. The van der Waals surface area contributed by atoms with Crippen molar-refractivity contribution in [2.24, 2.45) is 5.14 Å². The summed E-state index contributed by atoms with van der Waals surface area (Å²) in [7, 11) is -7.43. The summed E-state index contributed by atoms with van der Waals surface area (Å²) in [6.07, 6.45) is 1.42. The van der Waals surface area contributed by atoms with E-state index in [0.717, 1.165) is 11.0 Å². The maximum Gasteiger partial charge on any atom is 0.238 e. The monoisotopic (exact) mass is 437 g/mol. The van der Waals surface area contributed by atoms with Crippen LogP contribution in [0.15, 0.2) is 64.9 Å². The van der Waals surface area contributed by atoms with E-state index in [1.807, 2.05) is 6.07 Å². The van der Waals surface area contributed by atoms with Crippen LogP contribution in [0.1, 0.15) is 30.5 Å². The number of hydrogen-bond donors (Lipinski definition) is 3. The zero-order valence-corrected chi connectivity index (χ0v) is 17.4. The lowest BCUT2D eigenvalue weighted by Crippen LogP contribution is -2.31. The highest BCUT2D eigenvalue weighted by atomic mass is 32.2. The largest absolute Gasteiger partial charge is 0.350 e. The number of nitrogens with one attached hydrogen (secondary N) is 2. The second kappa shape index (κ2) is 9.79. The summed E-state index contributed by atoms with van der Waals surface area (Å²) in [4.78, 5) is 12.0. The Balaban J connectivity index is 1.82. The van der Waals surface area contributed by atoms with Gasteiger partial charge in [0.1, 0.15) is 0 Å². The molecule has 1 unspecified atom stereocenters. The van der Waals surface area contributed by atoms with E-state index >= 15 is 0 Å². The molecule has 8 nitrogen and oxygen atoms in total. The van der Waals surface area contributed by atoms with Gasteiger partial charge in [0.25, 0.3) is 0 Å². The molecule has 1 amide bonds. The van der Waals surface area contributed by atoms with E-state index in [2.05, 4.69) is 10.0 Å². The molecule has 2 rings (SSSR count). The molecule has 0 fully saturated rings. The fourth-order valence-electron chi connectivity index (χ4n) is 2.43. The fraction of sp³-hybridized carbons (Fsp3) is 0.211. The smallest absolute Gasteiger partial charge is 0.238 e. The molecule has 29 heavy (non-hydrogen) atoms. The SMILES string of the molecule is CC(NC(=O)CCNS(=O)(=O)C=Cc1ccccc1)c1ccc(S(N)(=O)=O)cc1. The first kappa shape index (κ1) is 22.8. The summed E-state index contributed by atoms with van der Waals surface area (Å²) in [6.45, 7) is 1.68. The van der Waals surface area contributed by atoms with Gasteiger partial charge in [-0.3, -0.25) is 4.79 Å². The van der Waals surface area contributed by atoms with Crippen molar-refractivity contribution in [1.29, 1.82) is 0 Å². The summed E-state index contributed by atoms with van der Waals surface area (Å²) >= 11 is 0. The summed E-state index contributed by atoms with van der Waals surface area (Å²) < 4.78 is 48.8. The Hall–Kier alpha value is -2.53. The minimum Gasteiger partial charge on any atom is -0.350 e. The Labute approximate surface area is 170 Å². The van der Waals surface area contributed by atoms with Crippen LogP contribution in [0.25, 0.3) is 6.08 Å². The third kappa shape index (κ3) is 7.78. The standard InChI is InChI=1S/C19H23N3O5S2/c1-15(17-7-9-18(10-8-17)29(20,26)27)22-19(23)11-13-21-28(24,25)14-12-16-5-3-2-4-6-16/h2-10,12,14-15,21H,11,13H2,1H3,(H,22,23)(H2,20,26,27). The van der Waals surface area contributed by atoms with Gasteiger partial charge in [0.2, 0.25) is 26.0 Å². The number of rotatable bonds is 9. The highest BCUT2D eigenvalue weighted by Gasteiger charge is 2.13. The minimum absolute atomic E-state index is 0.0160. The van der Waals surface area contributed by atoms with Gasteiger partial charge in [-0.2, -0.15) is 0 Å². The fourth-order valence-corrected chi connectivity index (χ4v) is 3.76. The first-order valence-corrected chi connectivity index (χ1v) is 11.8. The van der Waals surface area contributed by atoms with Gasteiger partial charge in [-0.1, -0.05) is 42.5 Å². The van der Waals surface area contributed by atoms with Crippen molar-refractivity contribution in [2.75, 3.05) is 6.54 Å². The van der Waals surface area contributed by atoms with Crippen LogP contribution in [0.2, 0.25) is 0 Å². The van der Waals surface area contributed by atoms with E-state index in [1.165, 1.54) is 18.2 Å². The van der Waals surface area contributed by atoms with Crippen LogP contribution in [-0.4, -0.2) is 29.3 Å². The topological polar surface area (TPSA) is 135 Å². The van der Waals surface area contributed by atoms with Crippen molar-refractivity contribution in [3.8, 4) is 0 Å². The lowest BCUT2D eigenvalue weighted by molar-refractivity contribution is -0.121. The lowest BCUT2D eigenvalue weighted by Gasteiger charge is -2.14. The number of benzene rings is 2. The van der Waals surface area contributed by atoms with E-state index in [4.69, 9.17) is 5.14 Å². The quantitative estimate of drug-likeness (QED) is 0.546. The highest BCUT2D eigenvalue weighted by Crippen LogP contribution is 2.15. The van der Waals surface area contributed by atoms with Gasteiger partial charge in [-0.15, -0.1) is 0 Å².